The van der Waals surface area contributed by atoms with Gasteiger partial charge in [-0.25, -0.2) is 21.1 Å². The van der Waals surface area contributed by atoms with Crippen LogP contribution in [0, 0.1) is 6.92 Å². The highest BCUT2D eigenvalue weighted by Crippen LogP contribution is 2.31. The maximum Gasteiger partial charge on any atom is 0.429 e. The van der Waals surface area contributed by atoms with Crippen molar-refractivity contribution in [2.24, 2.45) is 5.84 Å². The summed E-state index contributed by atoms with van der Waals surface area (Å²) >= 11 is 0. The van der Waals surface area contributed by atoms with Crippen molar-refractivity contribution in [3.05, 3.63) is 64.7 Å². The van der Waals surface area contributed by atoms with Gasteiger partial charge in [0.1, 0.15) is 5.60 Å². The molecule has 27 heavy (non-hydrogen) atoms. The van der Waals surface area contributed by atoms with Crippen LogP contribution in [0.4, 0.5) is 10.5 Å². The van der Waals surface area contributed by atoms with Crippen molar-refractivity contribution in [2.45, 2.75) is 39.3 Å². The molecule has 0 spiro atoms. The number of rotatable bonds is 2. The van der Waals surface area contributed by atoms with Crippen LogP contribution in [0.3, 0.4) is 0 Å². The van der Waals surface area contributed by atoms with Crippen molar-refractivity contribution < 1.29 is 14.3 Å². The lowest BCUT2D eigenvalue weighted by Crippen LogP contribution is -2.46. The third kappa shape index (κ3) is 3.94. The number of nitrogens with zero attached hydrogens (tertiary/aromatic N) is 1. The Kier molecular flexibility index (Phi) is 4.91. The Morgan fingerprint density at radius 1 is 1.15 bits per heavy atom. The van der Waals surface area contributed by atoms with Crippen molar-refractivity contribution in [1.29, 1.82) is 0 Å². The molecule has 2 amide bonds. The van der Waals surface area contributed by atoms with Crippen molar-refractivity contribution in [3.8, 4) is 0 Å². The zero-order valence-electron chi connectivity index (χ0n) is 15.9. The molecule has 0 fully saturated rings. The molecule has 1 unspecified atom stereocenters. The highest BCUT2D eigenvalue weighted by Gasteiger charge is 2.27. The first-order chi connectivity index (χ1) is 12.7. The van der Waals surface area contributed by atoms with Gasteiger partial charge in [0, 0.05) is 5.56 Å². The molecule has 7 nitrogen and oxygen atoms in total. The molecule has 2 aromatic rings. The number of amides is 2. The summed E-state index contributed by atoms with van der Waals surface area (Å²) in [5.74, 6) is 5.77. The zero-order chi connectivity index (χ0) is 19.8. The molecule has 1 heterocycles. The van der Waals surface area contributed by atoms with Crippen LogP contribution in [0.15, 0.2) is 42.5 Å². The molecule has 0 saturated heterocycles. The molecule has 7 heteroatoms. The van der Waals surface area contributed by atoms with E-state index in [0.717, 1.165) is 21.7 Å². The van der Waals surface area contributed by atoms with Gasteiger partial charge in [0.2, 0.25) is 0 Å². The zero-order valence-corrected chi connectivity index (χ0v) is 15.9. The number of aryl methyl sites for hydroxylation is 1. The molecule has 2 aromatic carbocycles. The number of nitrogens with two attached hydrogens (primary N) is 1. The number of hydrogen-bond donors (Lipinski definition) is 3. The molecule has 1 atom stereocenters. The standard InChI is InChI=1S/C20H24N4O3/c1-12-11-13(24(21)19(26)27-20(2,3)4)9-10-14(12)17-15-7-5-6-8-16(15)18(25)23-22-17/h5-11,17,22H,21H2,1-4H3,(H,23,25). The van der Waals surface area contributed by atoms with Gasteiger partial charge in [-0.05, 0) is 62.6 Å². The minimum absolute atomic E-state index is 0.158. The molecular formula is C20H24N4O3. The van der Waals surface area contributed by atoms with E-state index in [1.807, 2.05) is 37.3 Å². The van der Waals surface area contributed by atoms with Gasteiger partial charge in [0.15, 0.2) is 0 Å². The fourth-order valence-corrected chi connectivity index (χ4v) is 3.03. The number of carbonyl (C=O) groups excluding carboxylic acids is 2. The average molecular weight is 368 g/mol. The molecule has 0 aliphatic carbocycles. The Bertz CT molecular complexity index is 889. The molecule has 0 saturated carbocycles. The molecule has 3 rings (SSSR count). The number of carbonyl (C=O) groups is 2. The highest BCUT2D eigenvalue weighted by atomic mass is 16.6. The van der Waals surface area contributed by atoms with Crippen LogP contribution >= 0.6 is 0 Å². The third-order valence-electron chi connectivity index (χ3n) is 4.28. The lowest BCUT2D eigenvalue weighted by molar-refractivity contribution is 0.0579. The molecule has 4 N–H and O–H groups in total. The summed E-state index contributed by atoms with van der Waals surface area (Å²) in [5, 5.41) is 0.992. The predicted molar refractivity (Wildman–Crippen MR) is 103 cm³/mol. The van der Waals surface area contributed by atoms with Crippen LogP contribution in [0.5, 0.6) is 0 Å². The third-order valence-corrected chi connectivity index (χ3v) is 4.28. The van der Waals surface area contributed by atoms with E-state index >= 15 is 0 Å². The van der Waals surface area contributed by atoms with E-state index in [-0.39, 0.29) is 11.9 Å². The second kappa shape index (κ2) is 7.02. The Morgan fingerprint density at radius 2 is 1.85 bits per heavy atom. The summed E-state index contributed by atoms with van der Waals surface area (Å²) in [5.41, 5.74) is 9.08. The van der Waals surface area contributed by atoms with Crippen LogP contribution < -0.4 is 21.7 Å². The average Bonchev–Trinajstić information content (AvgIpc) is 2.61. The van der Waals surface area contributed by atoms with Crippen LogP contribution in [0.2, 0.25) is 0 Å². The monoisotopic (exact) mass is 368 g/mol. The number of anilines is 1. The first-order valence-corrected chi connectivity index (χ1v) is 8.70. The number of ether oxygens (including phenoxy) is 1. The molecule has 1 aliphatic heterocycles. The summed E-state index contributed by atoms with van der Waals surface area (Å²) in [7, 11) is 0. The summed E-state index contributed by atoms with van der Waals surface area (Å²) in [6.07, 6.45) is -0.622. The van der Waals surface area contributed by atoms with Gasteiger partial charge >= 0.3 is 6.09 Å². The lowest BCUT2D eigenvalue weighted by Gasteiger charge is -2.29. The fourth-order valence-electron chi connectivity index (χ4n) is 3.03. The van der Waals surface area contributed by atoms with Crippen LogP contribution in [0.1, 0.15) is 53.9 Å². The van der Waals surface area contributed by atoms with E-state index < -0.39 is 11.7 Å². The van der Waals surface area contributed by atoms with Gasteiger partial charge in [0.25, 0.3) is 5.91 Å². The maximum absolute atomic E-state index is 12.2. The van der Waals surface area contributed by atoms with E-state index in [9.17, 15) is 9.59 Å². The fraction of sp³-hybridized carbons (Fsp3) is 0.300. The second-order valence-corrected chi connectivity index (χ2v) is 7.51. The van der Waals surface area contributed by atoms with Crippen molar-refractivity contribution in [1.82, 2.24) is 10.9 Å². The maximum atomic E-state index is 12.2. The summed E-state index contributed by atoms with van der Waals surface area (Å²) in [6, 6.07) is 12.7. The summed E-state index contributed by atoms with van der Waals surface area (Å²) in [6.45, 7) is 7.29. The number of benzene rings is 2. The van der Waals surface area contributed by atoms with Crippen molar-refractivity contribution in [3.63, 3.8) is 0 Å². The van der Waals surface area contributed by atoms with Crippen molar-refractivity contribution in [2.75, 3.05) is 5.01 Å². The number of hydrazine groups is 2. The van der Waals surface area contributed by atoms with Gasteiger partial charge in [-0.2, -0.15) is 0 Å². The van der Waals surface area contributed by atoms with Gasteiger partial charge in [-0.15, -0.1) is 0 Å². The second-order valence-electron chi connectivity index (χ2n) is 7.51. The van der Waals surface area contributed by atoms with E-state index in [4.69, 9.17) is 10.6 Å². The minimum atomic E-state index is -0.627. The van der Waals surface area contributed by atoms with E-state index in [0.29, 0.717) is 11.3 Å². The van der Waals surface area contributed by atoms with Crippen LogP contribution in [0.25, 0.3) is 0 Å². The first-order valence-electron chi connectivity index (χ1n) is 8.70. The van der Waals surface area contributed by atoms with Gasteiger partial charge in [0.05, 0.1) is 11.7 Å². The summed E-state index contributed by atoms with van der Waals surface area (Å²) < 4.78 is 5.30. The SMILES string of the molecule is Cc1cc(N(N)C(=O)OC(C)(C)C)ccc1C1NNC(=O)c2ccccc21. The predicted octanol–water partition coefficient (Wildman–Crippen LogP) is 2.95. The first kappa shape index (κ1) is 18.9. The molecule has 0 bridgehead atoms. The summed E-state index contributed by atoms with van der Waals surface area (Å²) in [4.78, 5) is 24.2. The lowest BCUT2D eigenvalue weighted by atomic mass is 9.90. The van der Waals surface area contributed by atoms with Crippen LogP contribution in [-0.4, -0.2) is 17.6 Å². The quantitative estimate of drug-likeness (QED) is 0.430. The Morgan fingerprint density at radius 3 is 2.52 bits per heavy atom. The number of hydrogen-bond acceptors (Lipinski definition) is 5. The van der Waals surface area contributed by atoms with E-state index in [2.05, 4.69) is 10.9 Å². The normalized spacial score (nSPS) is 16.3. The Balaban J connectivity index is 1.89. The van der Waals surface area contributed by atoms with Crippen molar-refractivity contribution >= 4 is 17.7 Å². The number of nitrogens with one attached hydrogen (secondary N) is 2. The molecular weight excluding hydrogens is 344 g/mol. The smallest absolute Gasteiger partial charge is 0.429 e. The van der Waals surface area contributed by atoms with E-state index in [1.54, 1.807) is 32.9 Å². The Labute approximate surface area is 158 Å². The van der Waals surface area contributed by atoms with Gasteiger partial charge in [-0.3, -0.25) is 10.2 Å². The van der Waals surface area contributed by atoms with Gasteiger partial charge < -0.3 is 4.74 Å². The number of fused-ring (bicyclic) bond motifs is 1. The molecule has 0 radical (unpaired) electrons. The minimum Gasteiger partial charge on any atom is -0.442 e. The topological polar surface area (TPSA) is 96.7 Å². The van der Waals surface area contributed by atoms with Gasteiger partial charge in [-0.1, -0.05) is 24.3 Å². The molecule has 0 aromatic heterocycles. The van der Waals surface area contributed by atoms with Crippen LogP contribution in [-0.2, 0) is 4.74 Å². The Hall–Kier alpha value is -2.90. The van der Waals surface area contributed by atoms with E-state index in [1.165, 1.54) is 0 Å². The largest absolute Gasteiger partial charge is 0.442 e. The molecule has 1 aliphatic rings. The highest BCUT2D eigenvalue weighted by molar-refractivity contribution is 5.96. The molecule has 142 valence electrons.